The molecule has 0 saturated heterocycles. The number of hydrogen-bond acceptors (Lipinski definition) is 5. The molecule has 0 radical (unpaired) electrons. The van der Waals surface area contributed by atoms with Gasteiger partial charge >= 0.3 is 0 Å². The lowest BCUT2D eigenvalue weighted by Gasteiger charge is -2.28. The van der Waals surface area contributed by atoms with E-state index in [-0.39, 0.29) is 24.6 Å². The highest BCUT2D eigenvalue weighted by Crippen LogP contribution is 2.25. The first-order chi connectivity index (χ1) is 12.8. The number of anilines is 1. The molecule has 0 fully saturated rings. The van der Waals surface area contributed by atoms with Crippen molar-refractivity contribution < 1.29 is 13.2 Å². The molecule has 6 nitrogen and oxygen atoms in total. The smallest absolute Gasteiger partial charge is 0.260 e. The third kappa shape index (κ3) is 6.04. The van der Waals surface area contributed by atoms with Gasteiger partial charge in [0.25, 0.3) is 5.91 Å². The monoisotopic (exact) mass is 425 g/mol. The van der Waals surface area contributed by atoms with Crippen molar-refractivity contribution in [1.29, 1.82) is 0 Å². The molecule has 0 aliphatic carbocycles. The van der Waals surface area contributed by atoms with E-state index in [2.05, 4.69) is 5.32 Å². The Kier molecular flexibility index (Phi) is 9.10. The van der Waals surface area contributed by atoms with Gasteiger partial charge in [-0.25, -0.2) is 8.42 Å². The van der Waals surface area contributed by atoms with Crippen molar-refractivity contribution in [3.05, 3.63) is 65.7 Å². The van der Waals surface area contributed by atoms with Crippen molar-refractivity contribution in [3.63, 3.8) is 0 Å². The van der Waals surface area contributed by atoms with Crippen molar-refractivity contribution in [2.75, 3.05) is 11.9 Å². The van der Waals surface area contributed by atoms with E-state index < -0.39 is 20.6 Å². The molecule has 0 aliphatic rings. The molecule has 28 heavy (non-hydrogen) atoms. The summed E-state index contributed by atoms with van der Waals surface area (Å²) in [7, 11) is -3.96. The maximum absolute atomic E-state index is 13.1. The first-order valence-corrected chi connectivity index (χ1v) is 10.6. The van der Waals surface area contributed by atoms with E-state index in [0.717, 1.165) is 5.56 Å². The number of benzene rings is 2. The molecule has 1 atom stereocenters. The molecule has 0 bridgehead atoms. The average molecular weight is 426 g/mol. The fraction of sp³-hybridized carbons (Fsp3) is 0.350. The van der Waals surface area contributed by atoms with Gasteiger partial charge in [-0.2, -0.15) is 0 Å². The van der Waals surface area contributed by atoms with Crippen LogP contribution in [-0.4, -0.2) is 25.7 Å². The second-order valence-electron chi connectivity index (χ2n) is 6.70. The number of carbonyl (C=O) groups excluding carboxylic acids is 1. The predicted molar refractivity (Wildman–Crippen MR) is 116 cm³/mol. The number of unbranched alkanes of at least 4 members (excludes halogenated alkanes) is 1. The number of nitrogens with two attached hydrogens (primary N) is 2. The molecule has 2 aromatic carbocycles. The number of hydrogen-bond donors (Lipinski definition) is 3. The lowest BCUT2D eigenvalue weighted by atomic mass is 10.1. The van der Waals surface area contributed by atoms with E-state index in [0.29, 0.717) is 30.6 Å². The summed E-state index contributed by atoms with van der Waals surface area (Å²) in [6.07, 6.45) is 1.05. The first kappa shape index (κ1) is 24.1. The number of sulfone groups is 1. The van der Waals surface area contributed by atoms with Gasteiger partial charge in [-0.1, -0.05) is 48.0 Å². The zero-order chi connectivity index (χ0) is 19.9. The van der Waals surface area contributed by atoms with Crippen LogP contribution >= 0.6 is 12.4 Å². The number of amides is 1. The molecule has 154 valence electrons. The third-order valence-electron chi connectivity index (χ3n) is 4.45. The molecule has 0 aromatic heterocycles. The van der Waals surface area contributed by atoms with Gasteiger partial charge in [0, 0.05) is 5.69 Å². The quantitative estimate of drug-likeness (QED) is 0.534. The molecule has 0 spiro atoms. The minimum absolute atomic E-state index is 0. The second kappa shape index (κ2) is 10.6. The van der Waals surface area contributed by atoms with E-state index in [1.54, 1.807) is 42.5 Å². The Morgan fingerprint density at radius 2 is 1.64 bits per heavy atom. The van der Waals surface area contributed by atoms with Crippen LogP contribution in [0.3, 0.4) is 0 Å². The SMILES string of the molecule is Cc1ccc(NC(=O)[C@](N)(CCCCN)S(=O)(=O)Cc2ccccc2)cc1.Cl. The Hall–Kier alpha value is -1.93. The summed E-state index contributed by atoms with van der Waals surface area (Å²) >= 11 is 0. The molecule has 2 rings (SSSR count). The van der Waals surface area contributed by atoms with E-state index in [1.165, 1.54) is 0 Å². The van der Waals surface area contributed by atoms with Crippen LogP contribution in [0.15, 0.2) is 54.6 Å². The zero-order valence-corrected chi connectivity index (χ0v) is 17.6. The van der Waals surface area contributed by atoms with Crippen molar-refractivity contribution >= 4 is 33.8 Å². The van der Waals surface area contributed by atoms with Gasteiger partial charge in [0.2, 0.25) is 0 Å². The van der Waals surface area contributed by atoms with Crippen LogP contribution in [0.25, 0.3) is 0 Å². The molecule has 0 saturated carbocycles. The highest BCUT2D eigenvalue weighted by atomic mass is 35.5. The number of halogens is 1. The third-order valence-corrected chi connectivity index (χ3v) is 6.66. The zero-order valence-electron chi connectivity index (χ0n) is 15.9. The lowest BCUT2D eigenvalue weighted by Crippen LogP contribution is -2.57. The Morgan fingerprint density at radius 3 is 2.21 bits per heavy atom. The Bertz CT molecular complexity index is 858. The Labute approximate surface area is 173 Å². The van der Waals surface area contributed by atoms with Crippen LogP contribution in [0, 0.1) is 6.92 Å². The van der Waals surface area contributed by atoms with E-state index in [1.807, 2.05) is 19.1 Å². The molecule has 0 unspecified atom stereocenters. The molecule has 5 N–H and O–H groups in total. The van der Waals surface area contributed by atoms with Gasteiger partial charge in [-0.3, -0.25) is 4.79 Å². The largest absolute Gasteiger partial charge is 0.330 e. The van der Waals surface area contributed by atoms with Crippen molar-refractivity contribution in [1.82, 2.24) is 0 Å². The highest BCUT2D eigenvalue weighted by Gasteiger charge is 2.46. The summed E-state index contributed by atoms with van der Waals surface area (Å²) < 4.78 is 26.2. The molecule has 8 heteroatoms. The summed E-state index contributed by atoms with van der Waals surface area (Å²) in [5.74, 6) is -1.02. The van der Waals surface area contributed by atoms with Gasteiger partial charge in [0.05, 0.1) is 5.75 Å². The Morgan fingerprint density at radius 1 is 1.04 bits per heavy atom. The maximum Gasteiger partial charge on any atom is 0.260 e. The van der Waals surface area contributed by atoms with Crippen LogP contribution in [-0.2, 0) is 20.4 Å². The molecular weight excluding hydrogens is 398 g/mol. The number of carbonyl (C=O) groups is 1. The average Bonchev–Trinajstić information content (AvgIpc) is 2.64. The molecule has 2 aromatic rings. The molecule has 1 amide bonds. The van der Waals surface area contributed by atoms with Crippen molar-refractivity contribution in [2.45, 2.75) is 36.8 Å². The van der Waals surface area contributed by atoms with E-state index in [4.69, 9.17) is 11.5 Å². The van der Waals surface area contributed by atoms with Gasteiger partial charge in [-0.15, -0.1) is 12.4 Å². The first-order valence-electron chi connectivity index (χ1n) is 8.92. The van der Waals surface area contributed by atoms with Gasteiger partial charge < -0.3 is 16.8 Å². The summed E-state index contributed by atoms with van der Waals surface area (Å²) in [6.45, 7) is 2.34. The summed E-state index contributed by atoms with van der Waals surface area (Å²) in [6, 6.07) is 15.8. The number of rotatable bonds is 9. The fourth-order valence-electron chi connectivity index (χ4n) is 2.74. The minimum atomic E-state index is -3.96. The summed E-state index contributed by atoms with van der Waals surface area (Å²) in [5, 5.41) is 2.65. The minimum Gasteiger partial charge on any atom is -0.330 e. The van der Waals surface area contributed by atoms with Crippen LogP contribution in [0.1, 0.15) is 30.4 Å². The van der Waals surface area contributed by atoms with Gasteiger partial charge in [0.1, 0.15) is 0 Å². The maximum atomic E-state index is 13.1. The van der Waals surface area contributed by atoms with Gasteiger partial charge in [-0.05, 0) is 50.4 Å². The number of nitrogens with one attached hydrogen (secondary N) is 1. The number of aryl methyl sites for hydroxylation is 1. The summed E-state index contributed by atoms with van der Waals surface area (Å²) in [4.78, 5) is 10.9. The topological polar surface area (TPSA) is 115 Å². The Balaban J connectivity index is 0.00000392. The van der Waals surface area contributed by atoms with E-state index >= 15 is 0 Å². The molecule has 0 aliphatic heterocycles. The molecule has 0 heterocycles. The van der Waals surface area contributed by atoms with Crippen LogP contribution in [0.2, 0.25) is 0 Å². The molecular formula is C20H28ClN3O3S. The standard InChI is InChI=1S/C20H27N3O3S.ClH/c1-16-9-11-18(12-10-16)23-19(24)20(22,13-5-6-14-21)27(25,26)15-17-7-3-2-4-8-17;/h2-4,7-12H,5-6,13-15,21-22H2,1H3,(H,23,24);1H/t20-;/m0./s1. The van der Waals surface area contributed by atoms with Crippen LogP contribution in [0.5, 0.6) is 0 Å². The lowest BCUT2D eigenvalue weighted by molar-refractivity contribution is -0.118. The summed E-state index contributed by atoms with van der Waals surface area (Å²) in [5.41, 5.74) is 13.9. The van der Waals surface area contributed by atoms with E-state index in [9.17, 15) is 13.2 Å². The highest BCUT2D eigenvalue weighted by molar-refractivity contribution is 7.92. The van der Waals surface area contributed by atoms with Crippen LogP contribution < -0.4 is 16.8 Å². The van der Waals surface area contributed by atoms with Crippen molar-refractivity contribution in [2.24, 2.45) is 11.5 Å². The normalized spacial score (nSPS) is 13.2. The van der Waals surface area contributed by atoms with Crippen LogP contribution in [0.4, 0.5) is 5.69 Å². The fourth-order valence-corrected chi connectivity index (χ4v) is 4.42. The van der Waals surface area contributed by atoms with Gasteiger partial charge in [0.15, 0.2) is 14.7 Å². The van der Waals surface area contributed by atoms with Crippen molar-refractivity contribution in [3.8, 4) is 0 Å². The second-order valence-corrected chi connectivity index (χ2v) is 8.95. The predicted octanol–water partition coefficient (Wildman–Crippen LogP) is 2.75.